The van der Waals surface area contributed by atoms with Crippen molar-refractivity contribution in [1.82, 2.24) is 4.90 Å². The van der Waals surface area contributed by atoms with Crippen molar-refractivity contribution in [3.63, 3.8) is 0 Å². The summed E-state index contributed by atoms with van der Waals surface area (Å²) in [5.41, 5.74) is 2.69. The van der Waals surface area contributed by atoms with Crippen molar-refractivity contribution < 1.29 is 4.79 Å². The zero-order chi connectivity index (χ0) is 20.3. The number of carbonyl (C=O) groups excluding carboxylic acids is 1. The SMILES string of the molecule is O=C1c2ccccc2[C@](c2ccccc2)(N(CCCl)CCCl)N1c1ccccc1. The van der Waals surface area contributed by atoms with E-state index in [1.165, 1.54) is 0 Å². The Labute approximate surface area is 181 Å². The Bertz CT molecular complexity index is 974. The molecule has 1 heterocycles. The highest BCUT2D eigenvalue weighted by Gasteiger charge is 2.54. The van der Waals surface area contributed by atoms with Gasteiger partial charge in [-0.3, -0.25) is 14.6 Å². The molecule has 3 aromatic rings. The van der Waals surface area contributed by atoms with Gasteiger partial charge in [-0.2, -0.15) is 0 Å². The molecule has 1 amide bonds. The number of carbonyl (C=O) groups is 1. The normalized spacial score (nSPS) is 18.3. The molecule has 0 aromatic heterocycles. The van der Waals surface area contributed by atoms with Crippen molar-refractivity contribution >= 4 is 34.8 Å². The van der Waals surface area contributed by atoms with Crippen molar-refractivity contribution in [3.05, 3.63) is 102 Å². The number of hydrogen-bond donors (Lipinski definition) is 0. The lowest BCUT2D eigenvalue weighted by Gasteiger charge is -2.47. The maximum absolute atomic E-state index is 13.7. The molecule has 0 bridgehead atoms. The van der Waals surface area contributed by atoms with Crippen LogP contribution in [-0.2, 0) is 5.66 Å². The van der Waals surface area contributed by atoms with E-state index in [2.05, 4.69) is 17.0 Å². The Hall–Kier alpha value is -2.33. The number of amides is 1. The standard InChI is InChI=1S/C24H22Cl2N2O/c25-15-17-27(18-16-26)24(19-9-3-1-4-10-19)22-14-8-7-13-21(22)23(29)28(24)20-11-5-2-6-12-20/h1-14H,15-18H2/t24-/m1/s1. The molecule has 0 unspecified atom stereocenters. The highest BCUT2D eigenvalue weighted by Crippen LogP contribution is 2.48. The van der Waals surface area contributed by atoms with Crippen LogP contribution < -0.4 is 4.90 Å². The van der Waals surface area contributed by atoms with Crippen LogP contribution in [0.3, 0.4) is 0 Å². The number of benzene rings is 3. The van der Waals surface area contributed by atoms with Gasteiger partial charge in [-0.05, 0) is 23.8 Å². The van der Waals surface area contributed by atoms with Crippen LogP contribution in [0, 0.1) is 0 Å². The zero-order valence-electron chi connectivity index (χ0n) is 16.0. The molecule has 0 saturated heterocycles. The van der Waals surface area contributed by atoms with Crippen LogP contribution in [-0.4, -0.2) is 35.7 Å². The van der Waals surface area contributed by atoms with Crippen molar-refractivity contribution in [2.24, 2.45) is 0 Å². The average molecular weight is 425 g/mol. The van der Waals surface area contributed by atoms with Gasteiger partial charge in [-0.15, -0.1) is 23.2 Å². The maximum Gasteiger partial charge on any atom is 0.260 e. The molecule has 0 saturated carbocycles. The van der Waals surface area contributed by atoms with Crippen LogP contribution in [0.2, 0.25) is 0 Å². The van der Waals surface area contributed by atoms with Gasteiger partial charge in [0, 0.05) is 41.7 Å². The maximum atomic E-state index is 13.7. The van der Waals surface area contributed by atoms with Gasteiger partial charge >= 0.3 is 0 Å². The fraction of sp³-hybridized carbons (Fsp3) is 0.208. The molecular weight excluding hydrogens is 403 g/mol. The zero-order valence-corrected chi connectivity index (χ0v) is 17.5. The van der Waals surface area contributed by atoms with E-state index in [4.69, 9.17) is 23.2 Å². The predicted molar refractivity (Wildman–Crippen MR) is 120 cm³/mol. The molecule has 3 nitrogen and oxygen atoms in total. The Morgan fingerprint density at radius 1 is 0.759 bits per heavy atom. The lowest BCUT2D eigenvalue weighted by atomic mass is 9.88. The first-order valence-corrected chi connectivity index (χ1v) is 10.7. The second kappa shape index (κ2) is 8.58. The third-order valence-corrected chi connectivity index (χ3v) is 5.76. The summed E-state index contributed by atoms with van der Waals surface area (Å²) in [6, 6.07) is 27.8. The molecule has 148 valence electrons. The van der Waals surface area contributed by atoms with Gasteiger partial charge < -0.3 is 0 Å². The van der Waals surface area contributed by atoms with E-state index in [1.807, 2.05) is 77.7 Å². The van der Waals surface area contributed by atoms with E-state index >= 15 is 0 Å². The first-order chi connectivity index (χ1) is 14.2. The van der Waals surface area contributed by atoms with Crippen molar-refractivity contribution in [1.29, 1.82) is 0 Å². The van der Waals surface area contributed by atoms with Gasteiger partial charge in [0.1, 0.15) is 0 Å². The quantitative estimate of drug-likeness (QED) is 0.478. The number of anilines is 1. The lowest BCUT2D eigenvalue weighted by molar-refractivity contribution is 0.0892. The summed E-state index contributed by atoms with van der Waals surface area (Å²) in [5.74, 6) is 0.847. The molecule has 0 radical (unpaired) electrons. The van der Waals surface area contributed by atoms with E-state index in [-0.39, 0.29) is 5.91 Å². The van der Waals surface area contributed by atoms with Crippen molar-refractivity contribution in [2.45, 2.75) is 5.66 Å². The number of nitrogens with zero attached hydrogens (tertiary/aromatic N) is 2. The second-order valence-corrected chi connectivity index (χ2v) is 7.68. The summed E-state index contributed by atoms with van der Waals surface area (Å²) in [4.78, 5) is 17.8. The summed E-state index contributed by atoms with van der Waals surface area (Å²) in [6.45, 7) is 1.18. The molecule has 1 aliphatic rings. The monoisotopic (exact) mass is 424 g/mol. The molecule has 0 aliphatic carbocycles. The average Bonchev–Trinajstić information content (AvgIpc) is 3.04. The Balaban J connectivity index is 2.07. The fourth-order valence-corrected chi connectivity index (χ4v) is 4.74. The summed E-state index contributed by atoms with van der Waals surface area (Å²) in [6.07, 6.45) is 0. The molecule has 4 rings (SSSR count). The summed E-state index contributed by atoms with van der Waals surface area (Å²) >= 11 is 12.5. The van der Waals surface area contributed by atoms with Crippen LogP contribution in [0.15, 0.2) is 84.9 Å². The number of fused-ring (bicyclic) bond motifs is 1. The van der Waals surface area contributed by atoms with Crippen LogP contribution in [0.25, 0.3) is 0 Å². The Morgan fingerprint density at radius 3 is 1.93 bits per heavy atom. The molecule has 1 aliphatic heterocycles. The van der Waals surface area contributed by atoms with Crippen LogP contribution in [0.1, 0.15) is 21.5 Å². The Morgan fingerprint density at radius 2 is 1.31 bits per heavy atom. The molecule has 0 N–H and O–H groups in total. The third-order valence-electron chi connectivity index (χ3n) is 5.42. The minimum Gasteiger partial charge on any atom is -0.281 e. The van der Waals surface area contributed by atoms with E-state index in [0.29, 0.717) is 30.4 Å². The lowest BCUT2D eigenvalue weighted by Crippen LogP contribution is -2.58. The largest absolute Gasteiger partial charge is 0.281 e. The topological polar surface area (TPSA) is 23.6 Å². The number of halogens is 2. The van der Waals surface area contributed by atoms with Crippen molar-refractivity contribution in [3.8, 4) is 0 Å². The number of para-hydroxylation sites is 1. The van der Waals surface area contributed by atoms with Gasteiger partial charge in [0.15, 0.2) is 5.66 Å². The highest BCUT2D eigenvalue weighted by atomic mass is 35.5. The summed E-state index contributed by atoms with van der Waals surface area (Å²) < 4.78 is 0. The molecular formula is C24H22Cl2N2O. The van der Waals surface area contributed by atoms with Gasteiger partial charge in [-0.25, -0.2) is 0 Å². The van der Waals surface area contributed by atoms with E-state index in [9.17, 15) is 4.79 Å². The molecule has 1 atom stereocenters. The Kier molecular flexibility index (Phi) is 5.91. The number of rotatable bonds is 7. The minimum atomic E-state index is -0.819. The fourth-order valence-electron chi connectivity index (χ4n) is 4.33. The van der Waals surface area contributed by atoms with Gasteiger partial charge in [-0.1, -0.05) is 66.7 Å². The third kappa shape index (κ3) is 3.24. The van der Waals surface area contributed by atoms with E-state index in [0.717, 1.165) is 16.8 Å². The molecule has 3 aromatic carbocycles. The molecule has 0 fully saturated rings. The molecule has 5 heteroatoms. The summed E-state index contributed by atoms with van der Waals surface area (Å²) in [7, 11) is 0. The van der Waals surface area contributed by atoms with Gasteiger partial charge in [0.2, 0.25) is 0 Å². The van der Waals surface area contributed by atoms with Crippen LogP contribution in [0.5, 0.6) is 0 Å². The number of alkyl halides is 2. The van der Waals surface area contributed by atoms with E-state index in [1.54, 1.807) is 0 Å². The molecule has 29 heavy (non-hydrogen) atoms. The predicted octanol–water partition coefficient (Wildman–Crippen LogP) is 5.33. The second-order valence-electron chi connectivity index (χ2n) is 6.92. The highest BCUT2D eigenvalue weighted by molar-refractivity contribution is 6.18. The first-order valence-electron chi connectivity index (χ1n) is 9.66. The van der Waals surface area contributed by atoms with Gasteiger partial charge in [0.25, 0.3) is 5.91 Å². The first kappa shape index (κ1) is 20.0. The van der Waals surface area contributed by atoms with Gasteiger partial charge in [0.05, 0.1) is 0 Å². The smallest absolute Gasteiger partial charge is 0.260 e. The summed E-state index contributed by atoms with van der Waals surface area (Å²) in [5, 5.41) is 0. The number of hydrogen-bond acceptors (Lipinski definition) is 2. The minimum absolute atomic E-state index is 0.0233. The van der Waals surface area contributed by atoms with E-state index < -0.39 is 5.66 Å². The van der Waals surface area contributed by atoms with Crippen LogP contribution >= 0.6 is 23.2 Å². The van der Waals surface area contributed by atoms with Crippen LogP contribution in [0.4, 0.5) is 5.69 Å². The van der Waals surface area contributed by atoms with Crippen molar-refractivity contribution in [2.75, 3.05) is 29.7 Å². The molecule has 0 spiro atoms.